The summed E-state index contributed by atoms with van der Waals surface area (Å²) >= 11 is 0. The molecule has 10 heteroatoms. The van der Waals surface area contributed by atoms with Crippen molar-refractivity contribution in [3.05, 3.63) is 48.4 Å². The summed E-state index contributed by atoms with van der Waals surface area (Å²) in [6.07, 6.45) is 1.14. The average molecular weight is 351 g/mol. The van der Waals surface area contributed by atoms with Gasteiger partial charge in [-0.15, -0.1) is 0 Å². The molecule has 1 N–H and O–H groups in total. The fraction of sp³-hybridized carbons (Fsp3) is 0. The number of nitrogens with zero attached hydrogens (tertiary/aromatic N) is 1. The van der Waals surface area contributed by atoms with Crippen molar-refractivity contribution in [2.24, 2.45) is 0 Å². The van der Waals surface area contributed by atoms with Crippen LogP contribution >= 0.6 is 10.7 Å². The van der Waals surface area contributed by atoms with E-state index in [4.69, 9.17) is 10.7 Å². The first-order chi connectivity index (χ1) is 9.70. The Balaban J connectivity index is 2.32. The van der Waals surface area contributed by atoms with E-state index in [1.165, 1.54) is 18.2 Å². The molecule has 1 aromatic heterocycles. The smallest absolute Gasteiger partial charge is 0.278 e. The third-order valence-electron chi connectivity index (χ3n) is 2.37. The second-order valence-corrected chi connectivity index (χ2v) is 8.02. The zero-order valence-electron chi connectivity index (χ0n) is 10.2. The summed E-state index contributed by atoms with van der Waals surface area (Å²) in [6.45, 7) is 0. The zero-order valence-corrected chi connectivity index (χ0v) is 12.6. The Hall–Kier alpha value is -1.71. The number of halogens is 2. The van der Waals surface area contributed by atoms with E-state index < -0.39 is 29.9 Å². The van der Waals surface area contributed by atoms with E-state index in [1.54, 1.807) is 0 Å². The lowest BCUT2D eigenvalue weighted by Gasteiger charge is -2.08. The number of benzene rings is 1. The van der Waals surface area contributed by atoms with Gasteiger partial charge in [0.2, 0.25) is 5.03 Å². The lowest BCUT2D eigenvalue weighted by molar-refractivity contribution is 0.557. The van der Waals surface area contributed by atoms with E-state index in [0.29, 0.717) is 0 Å². The summed E-state index contributed by atoms with van der Waals surface area (Å²) in [6, 6.07) is 6.84. The number of pyridine rings is 1. The summed E-state index contributed by atoms with van der Waals surface area (Å²) in [4.78, 5) is 3.28. The van der Waals surface area contributed by atoms with Crippen LogP contribution in [-0.2, 0) is 19.1 Å². The van der Waals surface area contributed by atoms with Gasteiger partial charge >= 0.3 is 0 Å². The lowest BCUT2D eigenvalue weighted by Crippen LogP contribution is -2.16. The maximum absolute atomic E-state index is 13.4. The average Bonchev–Trinajstić information content (AvgIpc) is 2.38. The number of nitrogens with one attached hydrogen (secondary N) is 1. The van der Waals surface area contributed by atoms with Crippen molar-refractivity contribution < 1.29 is 21.2 Å². The summed E-state index contributed by atoms with van der Waals surface area (Å²) in [5, 5.41) is -0.751. The van der Waals surface area contributed by atoms with Crippen LogP contribution in [0.5, 0.6) is 0 Å². The molecule has 0 saturated heterocycles. The van der Waals surface area contributed by atoms with E-state index in [1.807, 2.05) is 0 Å². The molecular weight excluding hydrogens is 343 g/mol. The monoisotopic (exact) mass is 350 g/mol. The number of aromatic nitrogens is 1. The first-order valence-electron chi connectivity index (χ1n) is 5.38. The first kappa shape index (κ1) is 15.7. The van der Waals surface area contributed by atoms with Gasteiger partial charge in [0.1, 0.15) is 0 Å². The highest BCUT2D eigenvalue weighted by molar-refractivity contribution is 8.13. The quantitative estimate of drug-likeness (QED) is 0.851. The molecule has 0 saturated carbocycles. The Morgan fingerprint density at radius 3 is 2.19 bits per heavy atom. The molecule has 0 aliphatic carbocycles. The standard InChI is InChI=1S/C11H8ClFN2O4S2/c12-20(16,17)9-5-3-8(4-6-9)15-21(18,19)11-10(13)2-1-7-14-11/h1-7,15H. The highest BCUT2D eigenvalue weighted by Crippen LogP contribution is 2.20. The second-order valence-electron chi connectivity index (χ2n) is 3.86. The summed E-state index contributed by atoms with van der Waals surface area (Å²) in [5.41, 5.74) is 0.0455. The van der Waals surface area contributed by atoms with Crippen molar-refractivity contribution in [1.29, 1.82) is 0 Å². The molecule has 2 aromatic rings. The predicted molar refractivity (Wildman–Crippen MR) is 74.5 cm³/mol. The van der Waals surface area contributed by atoms with E-state index >= 15 is 0 Å². The van der Waals surface area contributed by atoms with Crippen LogP contribution in [0.2, 0.25) is 0 Å². The van der Waals surface area contributed by atoms with E-state index in [-0.39, 0.29) is 10.6 Å². The van der Waals surface area contributed by atoms with Gasteiger partial charge in [-0.25, -0.2) is 17.8 Å². The molecule has 0 fully saturated rings. The highest BCUT2D eigenvalue weighted by Gasteiger charge is 2.20. The van der Waals surface area contributed by atoms with E-state index in [0.717, 1.165) is 24.4 Å². The Morgan fingerprint density at radius 2 is 1.67 bits per heavy atom. The largest absolute Gasteiger partial charge is 0.282 e. The fourth-order valence-electron chi connectivity index (χ4n) is 1.46. The number of rotatable bonds is 4. The third kappa shape index (κ3) is 3.69. The Kier molecular flexibility index (Phi) is 4.17. The second kappa shape index (κ2) is 5.58. The minimum atomic E-state index is -4.21. The minimum absolute atomic E-state index is 0.0455. The first-order valence-corrected chi connectivity index (χ1v) is 9.17. The molecule has 2 rings (SSSR count). The fourth-order valence-corrected chi connectivity index (χ4v) is 3.30. The molecule has 0 amide bonds. The number of hydrogen-bond acceptors (Lipinski definition) is 5. The molecule has 0 aliphatic heterocycles. The van der Waals surface area contributed by atoms with Gasteiger partial charge in [0, 0.05) is 22.6 Å². The van der Waals surface area contributed by atoms with Gasteiger partial charge in [0.15, 0.2) is 5.82 Å². The maximum atomic E-state index is 13.4. The van der Waals surface area contributed by atoms with Gasteiger partial charge < -0.3 is 0 Å². The van der Waals surface area contributed by atoms with Crippen LogP contribution in [0.15, 0.2) is 52.5 Å². The number of sulfonamides is 1. The Bertz CT molecular complexity index is 867. The molecule has 21 heavy (non-hydrogen) atoms. The van der Waals surface area contributed by atoms with Crippen molar-refractivity contribution in [1.82, 2.24) is 4.98 Å². The van der Waals surface area contributed by atoms with Crippen LogP contribution < -0.4 is 4.72 Å². The summed E-state index contributed by atoms with van der Waals surface area (Å²) in [7, 11) is -2.98. The van der Waals surface area contributed by atoms with Crippen molar-refractivity contribution >= 4 is 35.4 Å². The van der Waals surface area contributed by atoms with Gasteiger partial charge in [-0.1, -0.05) is 0 Å². The lowest BCUT2D eigenvalue weighted by atomic mass is 10.3. The van der Waals surface area contributed by atoms with Crippen LogP contribution in [0.1, 0.15) is 0 Å². The molecule has 0 spiro atoms. The van der Waals surface area contributed by atoms with Crippen LogP contribution in [0.3, 0.4) is 0 Å². The molecule has 0 radical (unpaired) electrons. The third-order valence-corrected chi connectivity index (χ3v) is 5.05. The van der Waals surface area contributed by atoms with Gasteiger partial charge in [-0.05, 0) is 36.4 Å². The molecular formula is C11H8ClFN2O4S2. The highest BCUT2D eigenvalue weighted by atomic mass is 35.7. The van der Waals surface area contributed by atoms with Crippen molar-refractivity contribution in [3.63, 3.8) is 0 Å². The number of anilines is 1. The van der Waals surface area contributed by atoms with Crippen LogP contribution in [-0.4, -0.2) is 21.8 Å². The summed E-state index contributed by atoms with van der Waals surface area (Å²) < 4.78 is 61.5. The normalized spacial score (nSPS) is 12.1. The molecule has 1 heterocycles. The van der Waals surface area contributed by atoms with Gasteiger partial charge in [0.25, 0.3) is 19.1 Å². The van der Waals surface area contributed by atoms with Crippen molar-refractivity contribution in [2.75, 3.05) is 4.72 Å². The Morgan fingerprint density at radius 1 is 1.05 bits per heavy atom. The molecule has 0 unspecified atom stereocenters. The maximum Gasteiger partial charge on any atom is 0.282 e. The van der Waals surface area contributed by atoms with E-state index in [9.17, 15) is 21.2 Å². The molecule has 6 nitrogen and oxygen atoms in total. The van der Waals surface area contributed by atoms with Gasteiger partial charge in [0.05, 0.1) is 4.90 Å². The molecule has 0 bridgehead atoms. The zero-order chi connectivity index (χ0) is 15.7. The van der Waals surface area contributed by atoms with E-state index in [2.05, 4.69) is 9.71 Å². The minimum Gasteiger partial charge on any atom is -0.278 e. The molecule has 0 aliphatic rings. The van der Waals surface area contributed by atoms with Gasteiger partial charge in [-0.2, -0.15) is 8.42 Å². The number of hydrogen-bond donors (Lipinski definition) is 1. The van der Waals surface area contributed by atoms with Gasteiger partial charge in [-0.3, -0.25) is 4.72 Å². The molecule has 112 valence electrons. The topological polar surface area (TPSA) is 93.2 Å². The van der Waals surface area contributed by atoms with Crippen LogP contribution in [0, 0.1) is 5.82 Å². The van der Waals surface area contributed by atoms with Crippen LogP contribution in [0.25, 0.3) is 0 Å². The predicted octanol–water partition coefficient (Wildman–Crippen LogP) is 1.95. The molecule has 1 aromatic carbocycles. The Labute approximate surface area is 125 Å². The van der Waals surface area contributed by atoms with Crippen molar-refractivity contribution in [3.8, 4) is 0 Å². The summed E-state index contributed by atoms with van der Waals surface area (Å²) in [5.74, 6) is -0.995. The molecule has 0 atom stereocenters. The van der Waals surface area contributed by atoms with Crippen molar-refractivity contribution in [2.45, 2.75) is 9.92 Å². The SMILES string of the molecule is O=S(=O)(Cl)c1ccc(NS(=O)(=O)c2ncccc2F)cc1. The van der Waals surface area contributed by atoms with Crippen LogP contribution in [0.4, 0.5) is 10.1 Å².